The smallest absolute Gasteiger partial charge is 0.362 e. The van der Waals surface area contributed by atoms with E-state index in [2.05, 4.69) is 10.6 Å². The highest BCUT2D eigenvalue weighted by molar-refractivity contribution is 7.99. The molecule has 0 heterocycles. The highest BCUT2D eigenvalue weighted by atomic mass is 32.2. The zero-order valence-electron chi connectivity index (χ0n) is 12.8. The third-order valence-corrected chi connectivity index (χ3v) is 5.37. The molecule has 0 spiro atoms. The van der Waals surface area contributed by atoms with E-state index in [1.807, 2.05) is 11.8 Å². The fraction of sp³-hybridized carbons (Fsp3) is 0.562. The second-order valence-electron chi connectivity index (χ2n) is 5.59. The SMILES string of the molecule is FC(F)(F)c1cccc(NC(=S)NCCSC2CCCCC2)c1. The summed E-state index contributed by atoms with van der Waals surface area (Å²) in [6, 6.07) is 5.04. The maximum Gasteiger partial charge on any atom is 0.416 e. The van der Waals surface area contributed by atoms with E-state index < -0.39 is 11.7 Å². The number of nitrogens with one attached hydrogen (secondary N) is 2. The Labute approximate surface area is 144 Å². The molecular weight excluding hydrogens is 341 g/mol. The standard InChI is InChI=1S/C16H21F3N2S2/c17-16(18,19)12-5-4-6-13(11-12)21-15(22)20-9-10-23-14-7-2-1-3-8-14/h4-6,11,14H,1-3,7-10H2,(H2,20,21,22). The Morgan fingerprint density at radius 3 is 2.65 bits per heavy atom. The van der Waals surface area contributed by atoms with Crippen molar-refractivity contribution in [1.29, 1.82) is 0 Å². The molecule has 0 bridgehead atoms. The maximum absolute atomic E-state index is 12.7. The monoisotopic (exact) mass is 362 g/mol. The second-order valence-corrected chi connectivity index (χ2v) is 7.41. The lowest BCUT2D eigenvalue weighted by molar-refractivity contribution is -0.137. The average Bonchev–Trinajstić information content (AvgIpc) is 2.52. The van der Waals surface area contributed by atoms with Crippen molar-refractivity contribution in [3.05, 3.63) is 29.8 Å². The minimum absolute atomic E-state index is 0.345. The zero-order valence-corrected chi connectivity index (χ0v) is 14.4. The minimum atomic E-state index is -4.34. The second kappa shape index (κ2) is 8.78. The van der Waals surface area contributed by atoms with Crippen LogP contribution < -0.4 is 10.6 Å². The summed E-state index contributed by atoms with van der Waals surface area (Å²) < 4.78 is 38.0. The van der Waals surface area contributed by atoms with Gasteiger partial charge in [0.1, 0.15) is 0 Å². The maximum atomic E-state index is 12.7. The molecule has 1 aromatic rings. The third-order valence-electron chi connectivity index (χ3n) is 3.74. The Morgan fingerprint density at radius 1 is 1.22 bits per heavy atom. The molecule has 0 aliphatic heterocycles. The molecule has 2 nitrogen and oxygen atoms in total. The molecule has 7 heteroatoms. The van der Waals surface area contributed by atoms with Gasteiger partial charge in [-0.25, -0.2) is 0 Å². The van der Waals surface area contributed by atoms with Gasteiger partial charge in [-0.15, -0.1) is 0 Å². The first-order valence-corrected chi connectivity index (χ1v) is 9.24. The van der Waals surface area contributed by atoms with Crippen LogP contribution in [-0.2, 0) is 6.18 Å². The molecule has 128 valence electrons. The highest BCUT2D eigenvalue weighted by Gasteiger charge is 2.30. The Hall–Kier alpha value is -0.950. The van der Waals surface area contributed by atoms with Gasteiger partial charge >= 0.3 is 6.18 Å². The van der Waals surface area contributed by atoms with Gasteiger partial charge in [0.05, 0.1) is 5.56 Å². The molecule has 2 N–H and O–H groups in total. The molecule has 0 radical (unpaired) electrons. The number of thioether (sulfide) groups is 1. The van der Waals surface area contributed by atoms with Gasteiger partial charge in [0.2, 0.25) is 0 Å². The number of alkyl halides is 3. The first-order chi connectivity index (χ1) is 10.9. The van der Waals surface area contributed by atoms with E-state index in [0.29, 0.717) is 17.3 Å². The van der Waals surface area contributed by atoms with Crippen molar-refractivity contribution >= 4 is 34.8 Å². The fourth-order valence-corrected chi connectivity index (χ4v) is 4.01. The molecule has 23 heavy (non-hydrogen) atoms. The van der Waals surface area contributed by atoms with Crippen LogP contribution in [0.1, 0.15) is 37.7 Å². The average molecular weight is 362 g/mol. The normalized spacial score (nSPS) is 16.1. The number of halogens is 3. The molecule has 0 atom stereocenters. The Balaban J connectivity index is 1.70. The predicted molar refractivity (Wildman–Crippen MR) is 95.0 cm³/mol. The van der Waals surface area contributed by atoms with E-state index in [-0.39, 0.29) is 0 Å². The van der Waals surface area contributed by atoms with Crippen LogP contribution in [0.15, 0.2) is 24.3 Å². The highest BCUT2D eigenvalue weighted by Crippen LogP contribution is 2.30. The van der Waals surface area contributed by atoms with Crippen molar-refractivity contribution in [2.45, 2.75) is 43.5 Å². The van der Waals surface area contributed by atoms with Gasteiger partial charge in [0.25, 0.3) is 0 Å². The van der Waals surface area contributed by atoms with Crippen LogP contribution in [0.3, 0.4) is 0 Å². The van der Waals surface area contributed by atoms with Crippen LogP contribution in [0.2, 0.25) is 0 Å². The van der Waals surface area contributed by atoms with Gasteiger partial charge in [0, 0.05) is 23.2 Å². The summed E-state index contributed by atoms with van der Waals surface area (Å²) in [5, 5.41) is 6.95. The molecular formula is C16H21F3N2S2. The molecule has 0 aromatic heterocycles. The van der Waals surface area contributed by atoms with E-state index in [9.17, 15) is 13.2 Å². The molecule has 1 aromatic carbocycles. The van der Waals surface area contributed by atoms with Crippen LogP contribution >= 0.6 is 24.0 Å². The third kappa shape index (κ3) is 6.59. The van der Waals surface area contributed by atoms with Gasteiger partial charge in [-0.2, -0.15) is 24.9 Å². The van der Waals surface area contributed by atoms with Crippen LogP contribution in [-0.4, -0.2) is 22.7 Å². The zero-order chi connectivity index (χ0) is 16.7. The van der Waals surface area contributed by atoms with Crippen molar-refractivity contribution in [3.63, 3.8) is 0 Å². The fourth-order valence-electron chi connectivity index (χ4n) is 2.57. The van der Waals surface area contributed by atoms with Crippen LogP contribution in [0.4, 0.5) is 18.9 Å². The number of thiocarbonyl (C=S) groups is 1. The molecule has 1 aliphatic carbocycles. The van der Waals surface area contributed by atoms with Crippen molar-refractivity contribution < 1.29 is 13.2 Å². The van der Waals surface area contributed by atoms with Crippen molar-refractivity contribution in [2.24, 2.45) is 0 Å². The minimum Gasteiger partial charge on any atom is -0.362 e. The number of anilines is 1. The van der Waals surface area contributed by atoms with Crippen molar-refractivity contribution in [1.82, 2.24) is 5.32 Å². The molecule has 0 saturated heterocycles. The van der Waals surface area contributed by atoms with Crippen LogP contribution in [0.25, 0.3) is 0 Å². The van der Waals surface area contributed by atoms with E-state index in [1.165, 1.54) is 38.2 Å². The van der Waals surface area contributed by atoms with E-state index in [4.69, 9.17) is 12.2 Å². The quantitative estimate of drug-likeness (QED) is 0.565. The number of hydrogen-bond acceptors (Lipinski definition) is 2. The van der Waals surface area contributed by atoms with E-state index in [1.54, 1.807) is 6.07 Å². The van der Waals surface area contributed by atoms with Gasteiger partial charge < -0.3 is 10.6 Å². The largest absolute Gasteiger partial charge is 0.416 e. The van der Waals surface area contributed by atoms with Crippen LogP contribution in [0.5, 0.6) is 0 Å². The van der Waals surface area contributed by atoms with Crippen LogP contribution in [0, 0.1) is 0 Å². The summed E-state index contributed by atoms with van der Waals surface area (Å²) in [6.07, 6.45) is 2.22. The summed E-state index contributed by atoms with van der Waals surface area (Å²) in [5.41, 5.74) is -0.338. The van der Waals surface area contributed by atoms with Crippen molar-refractivity contribution in [2.75, 3.05) is 17.6 Å². The Morgan fingerprint density at radius 2 is 1.96 bits per heavy atom. The molecule has 1 saturated carbocycles. The lowest BCUT2D eigenvalue weighted by atomic mass is 10.0. The number of rotatable bonds is 5. The number of hydrogen-bond donors (Lipinski definition) is 2. The van der Waals surface area contributed by atoms with Gasteiger partial charge in [0.15, 0.2) is 5.11 Å². The predicted octanol–water partition coefficient (Wildman–Crippen LogP) is 5.06. The molecule has 0 amide bonds. The molecule has 1 aliphatic rings. The first-order valence-electron chi connectivity index (χ1n) is 7.79. The lowest BCUT2D eigenvalue weighted by Crippen LogP contribution is -2.30. The Kier molecular flexibility index (Phi) is 7.02. The summed E-state index contributed by atoms with van der Waals surface area (Å²) >= 11 is 7.08. The molecule has 0 unspecified atom stereocenters. The molecule has 1 fully saturated rings. The summed E-state index contributed by atoms with van der Waals surface area (Å²) in [6.45, 7) is 0.714. The first kappa shape index (κ1) is 18.4. The van der Waals surface area contributed by atoms with Gasteiger partial charge in [-0.1, -0.05) is 25.3 Å². The van der Waals surface area contributed by atoms with E-state index in [0.717, 1.165) is 23.1 Å². The van der Waals surface area contributed by atoms with Crippen molar-refractivity contribution in [3.8, 4) is 0 Å². The lowest BCUT2D eigenvalue weighted by Gasteiger charge is -2.21. The number of benzene rings is 1. The Bertz CT molecular complexity index is 514. The van der Waals surface area contributed by atoms with Gasteiger partial charge in [-0.05, 0) is 43.3 Å². The molecule has 2 rings (SSSR count). The van der Waals surface area contributed by atoms with Gasteiger partial charge in [-0.3, -0.25) is 0 Å². The summed E-state index contributed by atoms with van der Waals surface area (Å²) in [5.74, 6) is 0.953. The summed E-state index contributed by atoms with van der Waals surface area (Å²) in [7, 11) is 0. The summed E-state index contributed by atoms with van der Waals surface area (Å²) in [4.78, 5) is 0. The topological polar surface area (TPSA) is 24.1 Å². The van der Waals surface area contributed by atoms with E-state index >= 15 is 0 Å².